The van der Waals surface area contributed by atoms with E-state index in [0.717, 1.165) is 13.1 Å². The zero-order valence-corrected chi connectivity index (χ0v) is 10.6. The molecule has 1 aromatic rings. The molecule has 0 amide bonds. The molecule has 1 saturated heterocycles. The Morgan fingerprint density at radius 2 is 2.37 bits per heavy atom. The van der Waals surface area contributed by atoms with Crippen LogP contribution in [0.5, 0.6) is 0 Å². The Kier molecular flexibility index (Phi) is 4.53. The number of rotatable bonds is 4. The fourth-order valence-electron chi connectivity index (χ4n) is 2.04. The lowest BCUT2D eigenvalue weighted by molar-refractivity contribution is 0.00347. The van der Waals surface area contributed by atoms with Gasteiger partial charge >= 0.3 is 0 Å². The van der Waals surface area contributed by atoms with Crippen molar-refractivity contribution in [2.45, 2.75) is 12.6 Å². The SMILES string of the molecule is N/C(=N/O)C1CN(CCn2ccccc2=O)CCO1. The molecule has 1 aliphatic heterocycles. The molecule has 2 heterocycles. The Hall–Kier alpha value is -1.86. The van der Waals surface area contributed by atoms with Crippen LogP contribution in [-0.2, 0) is 11.3 Å². The highest BCUT2D eigenvalue weighted by Gasteiger charge is 2.23. The highest BCUT2D eigenvalue weighted by molar-refractivity contribution is 5.84. The largest absolute Gasteiger partial charge is 0.409 e. The number of pyridine rings is 1. The average molecular weight is 266 g/mol. The molecule has 19 heavy (non-hydrogen) atoms. The first-order chi connectivity index (χ1) is 9.20. The van der Waals surface area contributed by atoms with Crippen molar-refractivity contribution < 1.29 is 9.94 Å². The van der Waals surface area contributed by atoms with Crippen molar-refractivity contribution in [3.8, 4) is 0 Å². The zero-order valence-electron chi connectivity index (χ0n) is 10.6. The smallest absolute Gasteiger partial charge is 0.250 e. The van der Waals surface area contributed by atoms with E-state index in [1.54, 1.807) is 22.9 Å². The fourth-order valence-corrected chi connectivity index (χ4v) is 2.04. The maximum atomic E-state index is 11.6. The molecular formula is C12H18N4O3. The van der Waals surface area contributed by atoms with Crippen molar-refractivity contribution in [3.63, 3.8) is 0 Å². The lowest BCUT2D eigenvalue weighted by atomic mass is 10.2. The molecule has 1 unspecified atom stereocenters. The van der Waals surface area contributed by atoms with Gasteiger partial charge in [-0.15, -0.1) is 0 Å². The van der Waals surface area contributed by atoms with Gasteiger partial charge in [0, 0.05) is 38.4 Å². The summed E-state index contributed by atoms with van der Waals surface area (Å²) < 4.78 is 7.07. The van der Waals surface area contributed by atoms with E-state index in [4.69, 9.17) is 15.7 Å². The van der Waals surface area contributed by atoms with Gasteiger partial charge in [0.15, 0.2) is 5.84 Å². The highest BCUT2D eigenvalue weighted by Crippen LogP contribution is 2.05. The summed E-state index contributed by atoms with van der Waals surface area (Å²) in [5.74, 6) is 0.0848. The van der Waals surface area contributed by atoms with Crippen molar-refractivity contribution in [2.75, 3.05) is 26.2 Å². The number of oxime groups is 1. The van der Waals surface area contributed by atoms with Gasteiger partial charge in [-0.05, 0) is 6.07 Å². The molecule has 0 spiro atoms. The second-order valence-electron chi connectivity index (χ2n) is 4.42. The third-order valence-corrected chi connectivity index (χ3v) is 3.15. The summed E-state index contributed by atoms with van der Waals surface area (Å²) in [5, 5.41) is 11.6. The van der Waals surface area contributed by atoms with E-state index in [2.05, 4.69) is 10.1 Å². The Morgan fingerprint density at radius 1 is 1.53 bits per heavy atom. The monoisotopic (exact) mass is 266 g/mol. The van der Waals surface area contributed by atoms with Crippen molar-refractivity contribution >= 4 is 5.84 Å². The Morgan fingerprint density at radius 3 is 3.11 bits per heavy atom. The summed E-state index contributed by atoms with van der Waals surface area (Å²) in [6, 6.07) is 5.10. The molecule has 0 bridgehead atoms. The zero-order chi connectivity index (χ0) is 13.7. The first-order valence-corrected chi connectivity index (χ1v) is 6.17. The number of morpholine rings is 1. The molecule has 1 aliphatic rings. The number of hydrogen-bond acceptors (Lipinski definition) is 5. The summed E-state index contributed by atoms with van der Waals surface area (Å²) in [7, 11) is 0. The maximum Gasteiger partial charge on any atom is 0.250 e. The number of amidine groups is 1. The summed E-state index contributed by atoms with van der Waals surface area (Å²) in [6.45, 7) is 3.21. The molecule has 7 heteroatoms. The fraction of sp³-hybridized carbons (Fsp3) is 0.500. The van der Waals surface area contributed by atoms with Gasteiger partial charge in [-0.25, -0.2) is 0 Å². The summed E-state index contributed by atoms with van der Waals surface area (Å²) >= 11 is 0. The minimum absolute atomic E-state index is 0.0104. The third kappa shape index (κ3) is 3.55. The van der Waals surface area contributed by atoms with Gasteiger partial charge in [0.1, 0.15) is 6.10 Å². The van der Waals surface area contributed by atoms with E-state index >= 15 is 0 Å². The van der Waals surface area contributed by atoms with Crippen molar-refractivity contribution in [3.05, 3.63) is 34.7 Å². The van der Waals surface area contributed by atoms with Crippen molar-refractivity contribution in [1.29, 1.82) is 0 Å². The first kappa shape index (κ1) is 13.6. The summed E-state index contributed by atoms with van der Waals surface area (Å²) in [6.07, 6.45) is 1.38. The molecule has 0 saturated carbocycles. The predicted octanol–water partition coefficient (Wildman–Crippen LogP) is -0.704. The molecule has 3 N–H and O–H groups in total. The number of nitrogens with zero attached hydrogens (tertiary/aromatic N) is 3. The van der Waals surface area contributed by atoms with Crippen LogP contribution in [0.25, 0.3) is 0 Å². The maximum absolute atomic E-state index is 11.6. The quantitative estimate of drug-likeness (QED) is 0.325. The van der Waals surface area contributed by atoms with E-state index in [1.807, 2.05) is 6.07 Å². The third-order valence-electron chi connectivity index (χ3n) is 3.15. The Bertz CT molecular complexity index is 500. The van der Waals surface area contributed by atoms with Gasteiger partial charge in [0.05, 0.1) is 6.61 Å². The molecule has 0 radical (unpaired) electrons. The van der Waals surface area contributed by atoms with Crippen molar-refractivity contribution in [1.82, 2.24) is 9.47 Å². The molecule has 0 aliphatic carbocycles. The number of ether oxygens (including phenoxy) is 1. The summed E-state index contributed by atoms with van der Waals surface area (Å²) in [4.78, 5) is 13.7. The van der Waals surface area contributed by atoms with Crippen LogP contribution in [0.1, 0.15) is 0 Å². The second kappa shape index (κ2) is 6.35. The predicted molar refractivity (Wildman–Crippen MR) is 70.3 cm³/mol. The van der Waals surface area contributed by atoms with Crippen LogP contribution in [0.15, 0.2) is 34.3 Å². The van der Waals surface area contributed by atoms with Crippen LogP contribution < -0.4 is 11.3 Å². The lowest BCUT2D eigenvalue weighted by Crippen LogP contribution is -2.49. The Labute approximate surface area is 110 Å². The van der Waals surface area contributed by atoms with E-state index in [-0.39, 0.29) is 17.5 Å². The van der Waals surface area contributed by atoms with Crippen LogP contribution in [0.3, 0.4) is 0 Å². The van der Waals surface area contributed by atoms with E-state index in [9.17, 15) is 4.79 Å². The van der Waals surface area contributed by atoms with Gasteiger partial charge in [-0.2, -0.15) is 0 Å². The standard InChI is InChI=1S/C12H18N4O3/c13-12(14-18)10-9-15(7-8-19-10)5-6-16-4-2-1-3-11(16)17/h1-4,10,18H,5-9H2,(H2,13,14). The molecule has 7 nitrogen and oxygen atoms in total. The Balaban J connectivity index is 1.90. The van der Waals surface area contributed by atoms with Crippen molar-refractivity contribution in [2.24, 2.45) is 10.9 Å². The van der Waals surface area contributed by atoms with Crippen LogP contribution in [0, 0.1) is 0 Å². The molecular weight excluding hydrogens is 248 g/mol. The normalized spacial score (nSPS) is 21.5. The molecule has 1 atom stereocenters. The van der Waals surface area contributed by atoms with Crippen LogP contribution >= 0.6 is 0 Å². The van der Waals surface area contributed by atoms with E-state index in [0.29, 0.717) is 19.7 Å². The van der Waals surface area contributed by atoms with Gasteiger partial charge in [0.2, 0.25) is 0 Å². The second-order valence-corrected chi connectivity index (χ2v) is 4.42. The lowest BCUT2D eigenvalue weighted by Gasteiger charge is -2.32. The average Bonchev–Trinajstić information content (AvgIpc) is 2.46. The highest BCUT2D eigenvalue weighted by atomic mass is 16.5. The topological polar surface area (TPSA) is 93.1 Å². The van der Waals surface area contributed by atoms with E-state index < -0.39 is 0 Å². The molecule has 1 fully saturated rings. The number of hydrogen-bond donors (Lipinski definition) is 2. The molecule has 1 aromatic heterocycles. The van der Waals surface area contributed by atoms with Gasteiger partial charge in [-0.3, -0.25) is 9.69 Å². The van der Waals surface area contributed by atoms with Crippen LogP contribution in [0.4, 0.5) is 0 Å². The molecule has 0 aromatic carbocycles. The number of nitrogens with two attached hydrogens (primary N) is 1. The summed E-state index contributed by atoms with van der Waals surface area (Å²) in [5.41, 5.74) is 5.52. The van der Waals surface area contributed by atoms with Gasteiger partial charge in [0.25, 0.3) is 5.56 Å². The van der Waals surface area contributed by atoms with Gasteiger partial charge in [-0.1, -0.05) is 11.2 Å². The van der Waals surface area contributed by atoms with E-state index in [1.165, 1.54) is 0 Å². The van der Waals surface area contributed by atoms with Gasteiger partial charge < -0.3 is 20.2 Å². The molecule has 2 rings (SSSR count). The minimum Gasteiger partial charge on any atom is -0.409 e. The van der Waals surface area contributed by atoms with Crippen LogP contribution in [-0.4, -0.2) is 52.9 Å². The van der Waals surface area contributed by atoms with Crippen LogP contribution in [0.2, 0.25) is 0 Å². The number of aromatic nitrogens is 1. The molecule has 104 valence electrons. The first-order valence-electron chi connectivity index (χ1n) is 6.17. The minimum atomic E-state index is -0.383.